The number of rotatable bonds is 5. The summed E-state index contributed by atoms with van der Waals surface area (Å²) >= 11 is 1.65. The highest BCUT2D eigenvalue weighted by Gasteiger charge is 2.23. The largest absolute Gasteiger partial charge is 0.387 e. The maximum Gasteiger partial charge on any atom is 0.0922 e. The van der Waals surface area contributed by atoms with Crippen molar-refractivity contribution in [3.8, 4) is 0 Å². The molecule has 1 fully saturated rings. The molecule has 0 radical (unpaired) electrons. The summed E-state index contributed by atoms with van der Waals surface area (Å²) in [5.41, 5.74) is 1.05. The van der Waals surface area contributed by atoms with Crippen molar-refractivity contribution >= 4 is 11.3 Å². The van der Waals surface area contributed by atoms with Gasteiger partial charge in [-0.15, -0.1) is 0 Å². The Labute approximate surface area is 108 Å². The summed E-state index contributed by atoms with van der Waals surface area (Å²) in [5, 5.41) is 17.7. The Morgan fingerprint density at radius 1 is 1.47 bits per heavy atom. The minimum Gasteiger partial charge on any atom is -0.387 e. The van der Waals surface area contributed by atoms with Gasteiger partial charge in [-0.25, -0.2) is 0 Å². The number of hydrogen-bond donors (Lipinski definition) is 2. The molecule has 1 aliphatic carbocycles. The fourth-order valence-electron chi connectivity index (χ4n) is 2.81. The fraction of sp³-hybridized carbons (Fsp3) is 0.714. The molecule has 1 aromatic heterocycles. The third-order valence-electron chi connectivity index (χ3n) is 3.93. The Kier molecular flexibility index (Phi) is 5.01. The normalized spacial score (nSPS) is 26.9. The van der Waals surface area contributed by atoms with Gasteiger partial charge in [-0.3, -0.25) is 0 Å². The first-order chi connectivity index (χ1) is 8.31. The molecule has 0 amide bonds. The summed E-state index contributed by atoms with van der Waals surface area (Å²) in [6.07, 6.45) is 6.25. The molecule has 0 aliphatic heterocycles. The van der Waals surface area contributed by atoms with Crippen LogP contribution in [0.5, 0.6) is 0 Å². The van der Waals surface area contributed by atoms with Crippen molar-refractivity contribution in [3.63, 3.8) is 0 Å². The van der Waals surface area contributed by atoms with Gasteiger partial charge in [0.2, 0.25) is 0 Å². The van der Waals surface area contributed by atoms with Gasteiger partial charge >= 0.3 is 0 Å². The first kappa shape index (κ1) is 13.1. The summed E-state index contributed by atoms with van der Waals surface area (Å²) in [4.78, 5) is 0. The van der Waals surface area contributed by atoms with Crippen molar-refractivity contribution < 1.29 is 5.11 Å². The van der Waals surface area contributed by atoms with Crippen LogP contribution in [0.2, 0.25) is 0 Å². The van der Waals surface area contributed by atoms with E-state index in [-0.39, 0.29) is 6.10 Å². The zero-order chi connectivity index (χ0) is 12.1. The van der Waals surface area contributed by atoms with Gasteiger partial charge in [-0.2, -0.15) is 11.3 Å². The quantitative estimate of drug-likeness (QED) is 0.843. The monoisotopic (exact) mass is 253 g/mol. The number of aliphatic hydroxyl groups is 1. The molecule has 2 nitrogen and oxygen atoms in total. The van der Waals surface area contributed by atoms with Gasteiger partial charge in [0.25, 0.3) is 0 Å². The van der Waals surface area contributed by atoms with Gasteiger partial charge in [0.1, 0.15) is 0 Å². The van der Waals surface area contributed by atoms with Crippen LogP contribution in [0.3, 0.4) is 0 Å². The molecule has 0 bridgehead atoms. The molecule has 1 aliphatic rings. The third kappa shape index (κ3) is 3.54. The van der Waals surface area contributed by atoms with E-state index in [0.717, 1.165) is 11.5 Å². The topological polar surface area (TPSA) is 32.3 Å². The molecule has 3 atom stereocenters. The number of thiophene rings is 1. The van der Waals surface area contributed by atoms with Crippen LogP contribution in [-0.2, 0) is 0 Å². The smallest absolute Gasteiger partial charge is 0.0922 e. The highest BCUT2D eigenvalue weighted by molar-refractivity contribution is 7.07. The first-order valence-corrected chi connectivity index (χ1v) is 7.69. The molecule has 1 heterocycles. The molecule has 96 valence electrons. The Morgan fingerprint density at radius 2 is 2.29 bits per heavy atom. The predicted octanol–water partition coefficient (Wildman–Crippen LogP) is 3.34. The first-order valence-electron chi connectivity index (χ1n) is 6.74. The van der Waals surface area contributed by atoms with Crippen LogP contribution in [0.25, 0.3) is 0 Å². The van der Waals surface area contributed by atoms with Gasteiger partial charge in [-0.05, 0) is 41.1 Å². The number of nitrogens with one attached hydrogen (secondary N) is 1. The Balaban J connectivity index is 1.80. The van der Waals surface area contributed by atoms with E-state index in [0.29, 0.717) is 12.6 Å². The Bertz CT molecular complexity index is 312. The molecule has 3 heteroatoms. The molecule has 0 aromatic carbocycles. The number of hydrogen-bond acceptors (Lipinski definition) is 3. The molecular formula is C14H23NOS. The van der Waals surface area contributed by atoms with Crippen LogP contribution in [0.4, 0.5) is 0 Å². The maximum atomic E-state index is 10.0. The van der Waals surface area contributed by atoms with Crippen molar-refractivity contribution in [3.05, 3.63) is 22.4 Å². The van der Waals surface area contributed by atoms with E-state index >= 15 is 0 Å². The minimum absolute atomic E-state index is 0.347. The van der Waals surface area contributed by atoms with Crippen molar-refractivity contribution in [2.24, 2.45) is 5.92 Å². The van der Waals surface area contributed by atoms with Crippen molar-refractivity contribution in [2.75, 3.05) is 6.54 Å². The summed E-state index contributed by atoms with van der Waals surface area (Å²) < 4.78 is 0. The van der Waals surface area contributed by atoms with Crippen LogP contribution in [0, 0.1) is 5.92 Å². The lowest BCUT2D eigenvalue weighted by molar-refractivity contribution is 0.154. The van der Waals surface area contributed by atoms with Crippen LogP contribution in [-0.4, -0.2) is 17.7 Å². The molecule has 3 unspecified atom stereocenters. The Morgan fingerprint density at radius 3 is 3.00 bits per heavy atom. The third-order valence-corrected chi connectivity index (χ3v) is 4.64. The van der Waals surface area contributed by atoms with Gasteiger partial charge in [0, 0.05) is 12.6 Å². The Hall–Kier alpha value is -0.380. The lowest BCUT2D eigenvalue weighted by atomic mass is 9.83. The zero-order valence-electron chi connectivity index (χ0n) is 10.6. The van der Waals surface area contributed by atoms with E-state index in [1.165, 1.54) is 32.1 Å². The van der Waals surface area contributed by atoms with E-state index in [1.807, 2.05) is 16.8 Å². The second-order valence-electron chi connectivity index (χ2n) is 5.04. The average Bonchev–Trinajstić information content (AvgIpc) is 2.90. The summed E-state index contributed by atoms with van der Waals surface area (Å²) in [6.45, 7) is 2.97. The van der Waals surface area contributed by atoms with Gasteiger partial charge in [-0.1, -0.05) is 26.2 Å². The molecule has 2 rings (SSSR count). The molecule has 1 aromatic rings. The minimum atomic E-state index is -0.347. The van der Waals surface area contributed by atoms with E-state index in [9.17, 15) is 5.11 Å². The van der Waals surface area contributed by atoms with Crippen molar-refractivity contribution in [1.29, 1.82) is 0 Å². The lowest BCUT2D eigenvalue weighted by Gasteiger charge is -2.32. The van der Waals surface area contributed by atoms with E-state index < -0.39 is 0 Å². The molecule has 2 N–H and O–H groups in total. The maximum absolute atomic E-state index is 10.0. The molecule has 0 spiro atoms. The van der Waals surface area contributed by atoms with E-state index in [1.54, 1.807) is 11.3 Å². The number of aliphatic hydroxyl groups excluding tert-OH is 1. The van der Waals surface area contributed by atoms with Crippen molar-refractivity contribution in [1.82, 2.24) is 5.32 Å². The highest BCUT2D eigenvalue weighted by Crippen LogP contribution is 2.27. The molecule has 0 saturated heterocycles. The highest BCUT2D eigenvalue weighted by atomic mass is 32.1. The lowest BCUT2D eigenvalue weighted by Crippen LogP contribution is -2.40. The second kappa shape index (κ2) is 6.53. The van der Waals surface area contributed by atoms with E-state index in [4.69, 9.17) is 0 Å². The van der Waals surface area contributed by atoms with Crippen LogP contribution >= 0.6 is 11.3 Å². The molecule has 1 saturated carbocycles. The van der Waals surface area contributed by atoms with E-state index in [2.05, 4.69) is 12.2 Å². The van der Waals surface area contributed by atoms with Gasteiger partial charge in [0.15, 0.2) is 0 Å². The average molecular weight is 253 g/mol. The summed E-state index contributed by atoms with van der Waals surface area (Å²) in [5.74, 6) is 0.804. The second-order valence-corrected chi connectivity index (χ2v) is 5.82. The summed E-state index contributed by atoms with van der Waals surface area (Å²) in [6, 6.07) is 2.62. The zero-order valence-corrected chi connectivity index (χ0v) is 11.4. The van der Waals surface area contributed by atoms with Crippen molar-refractivity contribution in [2.45, 2.75) is 51.2 Å². The van der Waals surface area contributed by atoms with Crippen LogP contribution < -0.4 is 5.32 Å². The standard InChI is InChI=1S/C14H23NOS/c1-2-11-5-3-4-6-13(11)15-9-14(16)12-7-8-17-10-12/h7-8,10-11,13-16H,2-6,9H2,1H3. The summed E-state index contributed by atoms with van der Waals surface area (Å²) in [7, 11) is 0. The predicted molar refractivity (Wildman–Crippen MR) is 73.3 cm³/mol. The molecular weight excluding hydrogens is 230 g/mol. The fourth-order valence-corrected chi connectivity index (χ4v) is 3.52. The van der Waals surface area contributed by atoms with Gasteiger partial charge in [0.05, 0.1) is 6.10 Å². The van der Waals surface area contributed by atoms with Gasteiger partial charge < -0.3 is 10.4 Å². The SMILES string of the molecule is CCC1CCCCC1NCC(O)c1ccsc1. The molecule has 17 heavy (non-hydrogen) atoms. The van der Waals surface area contributed by atoms with Crippen LogP contribution in [0.15, 0.2) is 16.8 Å². The van der Waals surface area contributed by atoms with Crippen LogP contribution in [0.1, 0.15) is 50.7 Å².